The molecular weight excluding hydrogens is 236 g/mol. The number of carbonyl (C=O) groups is 1. The van der Waals surface area contributed by atoms with E-state index in [0.717, 1.165) is 22.8 Å². The van der Waals surface area contributed by atoms with Gasteiger partial charge in [-0.1, -0.05) is 42.2 Å². The SMILES string of the molecule is O=C(O)/C=C/c1ccc(C#Cc2ccccc2)cc1. The van der Waals surface area contributed by atoms with Crippen LogP contribution in [0.25, 0.3) is 6.08 Å². The van der Waals surface area contributed by atoms with Gasteiger partial charge in [0.15, 0.2) is 0 Å². The molecule has 2 aromatic rings. The zero-order valence-corrected chi connectivity index (χ0v) is 10.2. The topological polar surface area (TPSA) is 37.3 Å². The standard InChI is InChI=1S/C17H12O2/c18-17(19)13-12-16-10-8-15(9-11-16)7-6-14-4-2-1-3-5-14/h1-5,8-13H,(H,18,19)/b13-12+. The van der Waals surface area contributed by atoms with Crippen molar-refractivity contribution in [2.75, 3.05) is 0 Å². The van der Waals surface area contributed by atoms with E-state index in [9.17, 15) is 4.79 Å². The van der Waals surface area contributed by atoms with E-state index in [1.807, 2.05) is 54.6 Å². The van der Waals surface area contributed by atoms with Crippen LogP contribution in [0.1, 0.15) is 16.7 Å². The number of hydrogen-bond acceptors (Lipinski definition) is 1. The van der Waals surface area contributed by atoms with Crippen LogP contribution in [0.3, 0.4) is 0 Å². The Kier molecular flexibility index (Phi) is 4.15. The van der Waals surface area contributed by atoms with E-state index in [-0.39, 0.29) is 0 Å². The minimum Gasteiger partial charge on any atom is -0.478 e. The molecule has 1 N–H and O–H groups in total. The number of carboxylic acids is 1. The minimum atomic E-state index is -0.951. The number of carboxylic acid groups (broad SMARTS) is 1. The molecule has 2 aromatic carbocycles. The largest absolute Gasteiger partial charge is 0.478 e. The molecule has 2 rings (SSSR count). The van der Waals surface area contributed by atoms with Gasteiger partial charge in [0.25, 0.3) is 0 Å². The zero-order valence-electron chi connectivity index (χ0n) is 10.2. The van der Waals surface area contributed by atoms with Crippen molar-refractivity contribution in [3.63, 3.8) is 0 Å². The van der Waals surface area contributed by atoms with Gasteiger partial charge in [-0.25, -0.2) is 4.79 Å². The summed E-state index contributed by atoms with van der Waals surface area (Å²) in [5.41, 5.74) is 2.71. The fourth-order valence-electron chi connectivity index (χ4n) is 1.51. The van der Waals surface area contributed by atoms with Gasteiger partial charge in [-0.2, -0.15) is 0 Å². The first-order valence-electron chi connectivity index (χ1n) is 5.82. The van der Waals surface area contributed by atoms with Crippen LogP contribution in [-0.2, 0) is 4.79 Å². The summed E-state index contributed by atoms with van der Waals surface area (Å²) in [6, 6.07) is 17.2. The molecule has 0 aliphatic heterocycles. The lowest BCUT2D eigenvalue weighted by Gasteiger charge is -1.93. The Morgan fingerprint density at radius 1 is 0.895 bits per heavy atom. The smallest absolute Gasteiger partial charge is 0.328 e. The average Bonchev–Trinajstić information content (AvgIpc) is 2.45. The van der Waals surface area contributed by atoms with Gasteiger partial charge in [0.05, 0.1) is 0 Å². The van der Waals surface area contributed by atoms with Gasteiger partial charge < -0.3 is 5.11 Å². The zero-order chi connectivity index (χ0) is 13.5. The van der Waals surface area contributed by atoms with Gasteiger partial charge in [-0.3, -0.25) is 0 Å². The van der Waals surface area contributed by atoms with Crippen molar-refractivity contribution in [3.05, 3.63) is 77.4 Å². The molecule has 0 saturated heterocycles. The van der Waals surface area contributed by atoms with Crippen LogP contribution >= 0.6 is 0 Å². The van der Waals surface area contributed by atoms with Gasteiger partial charge in [-0.15, -0.1) is 0 Å². The molecule has 0 heterocycles. The molecule has 0 unspecified atom stereocenters. The Labute approximate surface area is 112 Å². The van der Waals surface area contributed by atoms with E-state index in [2.05, 4.69) is 11.8 Å². The van der Waals surface area contributed by atoms with Crippen molar-refractivity contribution < 1.29 is 9.90 Å². The maximum atomic E-state index is 10.4. The van der Waals surface area contributed by atoms with Gasteiger partial charge in [0, 0.05) is 17.2 Å². The number of rotatable bonds is 2. The van der Waals surface area contributed by atoms with Crippen molar-refractivity contribution in [3.8, 4) is 11.8 Å². The van der Waals surface area contributed by atoms with Crippen molar-refractivity contribution >= 4 is 12.0 Å². The molecule has 0 bridgehead atoms. The summed E-state index contributed by atoms with van der Waals surface area (Å²) >= 11 is 0. The van der Waals surface area contributed by atoms with Gasteiger partial charge in [-0.05, 0) is 35.9 Å². The molecular formula is C17H12O2. The fraction of sp³-hybridized carbons (Fsp3) is 0. The first-order chi connectivity index (χ1) is 9.24. The molecule has 0 aromatic heterocycles. The second-order valence-electron chi connectivity index (χ2n) is 3.91. The van der Waals surface area contributed by atoms with E-state index in [4.69, 9.17) is 5.11 Å². The molecule has 0 fully saturated rings. The van der Waals surface area contributed by atoms with Crippen LogP contribution < -0.4 is 0 Å². The molecule has 0 spiro atoms. The summed E-state index contributed by atoms with van der Waals surface area (Å²) in [7, 11) is 0. The number of aliphatic carboxylic acids is 1. The summed E-state index contributed by atoms with van der Waals surface area (Å²) in [6.07, 6.45) is 2.67. The van der Waals surface area contributed by atoms with Crippen molar-refractivity contribution in [1.29, 1.82) is 0 Å². The molecule has 92 valence electrons. The second kappa shape index (κ2) is 6.23. The van der Waals surface area contributed by atoms with E-state index < -0.39 is 5.97 Å². The maximum Gasteiger partial charge on any atom is 0.328 e. The summed E-state index contributed by atoms with van der Waals surface area (Å²) in [5.74, 6) is 5.18. The second-order valence-corrected chi connectivity index (χ2v) is 3.91. The molecule has 2 heteroatoms. The average molecular weight is 248 g/mol. The van der Waals surface area contributed by atoms with E-state index in [0.29, 0.717) is 0 Å². The van der Waals surface area contributed by atoms with Crippen LogP contribution in [0.2, 0.25) is 0 Å². The predicted molar refractivity (Wildman–Crippen MR) is 75.5 cm³/mol. The fourth-order valence-corrected chi connectivity index (χ4v) is 1.51. The lowest BCUT2D eigenvalue weighted by molar-refractivity contribution is -0.131. The first-order valence-corrected chi connectivity index (χ1v) is 5.82. The third-order valence-electron chi connectivity index (χ3n) is 2.45. The monoisotopic (exact) mass is 248 g/mol. The Morgan fingerprint density at radius 3 is 2.05 bits per heavy atom. The van der Waals surface area contributed by atoms with Crippen LogP contribution in [-0.4, -0.2) is 11.1 Å². The summed E-state index contributed by atoms with van der Waals surface area (Å²) in [4.78, 5) is 10.4. The van der Waals surface area contributed by atoms with Crippen LogP contribution in [0, 0.1) is 11.8 Å². The molecule has 2 nitrogen and oxygen atoms in total. The van der Waals surface area contributed by atoms with Gasteiger partial charge >= 0.3 is 5.97 Å². The highest BCUT2D eigenvalue weighted by molar-refractivity contribution is 5.85. The quantitative estimate of drug-likeness (QED) is 0.654. The molecule has 0 aliphatic rings. The van der Waals surface area contributed by atoms with Crippen molar-refractivity contribution in [1.82, 2.24) is 0 Å². The van der Waals surface area contributed by atoms with E-state index >= 15 is 0 Å². The van der Waals surface area contributed by atoms with Crippen LogP contribution in [0.4, 0.5) is 0 Å². The lowest BCUT2D eigenvalue weighted by atomic mass is 10.1. The molecule has 0 radical (unpaired) electrons. The summed E-state index contributed by atoms with van der Waals surface area (Å²) in [6.45, 7) is 0. The minimum absolute atomic E-state index is 0.840. The van der Waals surface area contributed by atoms with E-state index in [1.165, 1.54) is 0 Å². The first kappa shape index (κ1) is 12.7. The highest BCUT2D eigenvalue weighted by atomic mass is 16.4. The summed E-state index contributed by atoms with van der Waals surface area (Å²) < 4.78 is 0. The third-order valence-corrected chi connectivity index (χ3v) is 2.45. The van der Waals surface area contributed by atoms with Crippen molar-refractivity contribution in [2.24, 2.45) is 0 Å². The highest BCUT2D eigenvalue weighted by Gasteiger charge is 1.90. The maximum absolute atomic E-state index is 10.4. The van der Waals surface area contributed by atoms with Gasteiger partial charge in [0.1, 0.15) is 0 Å². The summed E-state index contributed by atoms with van der Waals surface area (Å²) in [5, 5.41) is 8.53. The predicted octanol–water partition coefficient (Wildman–Crippen LogP) is 3.18. The van der Waals surface area contributed by atoms with E-state index in [1.54, 1.807) is 6.08 Å². The van der Waals surface area contributed by atoms with Gasteiger partial charge in [0.2, 0.25) is 0 Å². The molecule has 0 aliphatic carbocycles. The molecule has 0 saturated carbocycles. The Morgan fingerprint density at radius 2 is 1.47 bits per heavy atom. The lowest BCUT2D eigenvalue weighted by Crippen LogP contribution is -1.85. The molecule has 0 atom stereocenters. The van der Waals surface area contributed by atoms with Crippen LogP contribution in [0.15, 0.2) is 60.7 Å². The highest BCUT2D eigenvalue weighted by Crippen LogP contribution is 2.05. The van der Waals surface area contributed by atoms with Crippen LogP contribution in [0.5, 0.6) is 0 Å². The third kappa shape index (κ3) is 4.18. The number of benzene rings is 2. The number of hydrogen-bond donors (Lipinski definition) is 1. The Balaban J connectivity index is 2.12. The molecule has 19 heavy (non-hydrogen) atoms. The Bertz CT molecular complexity index is 641. The molecule has 0 amide bonds. The Hall–Kier alpha value is -2.79. The van der Waals surface area contributed by atoms with Crippen molar-refractivity contribution in [2.45, 2.75) is 0 Å². The normalized spacial score (nSPS) is 9.89.